The molecule has 2 aromatic rings. The van der Waals surface area contributed by atoms with Gasteiger partial charge in [0, 0.05) is 38.0 Å². The van der Waals surface area contributed by atoms with Gasteiger partial charge in [-0.25, -0.2) is 9.97 Å². The van der Waals surface area contributed by atoms with Crippen LogP contribution < -0.4 is 5.32 Å². The van der Waals surface area contributed by atoms with Crippen molar-refractivity contribution in [1.29, 1.82) is 0 Å². The lowest BCUT2D eigenvalue weighted by Gasteiger charge is -2.08. The summed E-state index contributed by atoms with van der Waals surface area (Å²) in [7, 11) is 1.72. The van der Waals surface area contributed by atoms with E-state index in [1.807, 2.05) is 17.1 Å². The molecule has 0 aromatic carbocycles. The minimum atomic E-state index is 0.713. The van der Waals surface area contributed by atoms with Gasteiger partial charge in [0.15, 0.2) is 0 Å². The van der Waals surface area contributed by atoms with E-state index in [2.05, 4.69) is 19.9 Å². The maximum Gasteiger partial charge on any atom is 0.203 e. The highest BCUT2D eigenvalue weighted by Gasteiger charge is 2.02. The third-order valence-corrected chi connectivity index (χ3v) is 3.01. The van der Waals surface area contributed by atoms with Gasteiger partial charge in [-0.2, -0.15) is 0 Å². The van der Waals surface area contributed by atoms with E-state index in [0.717, 1.165) is 31.2 Å². The number of imidazole rings is 1. The summed E-state index contributed by atoms with van der Waals surface area (Å²) in [6.07, 6.45) is 4.76. The average Bonchev–Trinajstić information content (AvgIpc) is 2.97. The Hall–Kier alpha value is -1.40. The quantitative estimate of drug-likeness (QED) is 0.766. The Morgan fingerprint density at radius 3 is 3.18 bits per heavy atom. The lowest BCUT2D eigenvalue weighted by molar-refractivity contribution is 0.190. The highest BCUT2D eigenvalue weighted by molar-refractivity contribution is 7.07. The zero-order valence-corrected chi connectivity index (χ0v) is 10.6. The standard InChI is InChI=1S/C11H16N4OS/c1-16-6-2-4-15-5-3-12-11(15)13-7-10-8-17-9-14-10/h3,5,8-9H,2,4,6-7H2,1H3,(H,12,13). The zero-order chi connectivity index (χ0) is 11.9. The lowest BCUT2D eigenvalue weighted by atomic mass is 10.4. The molecule has 0 spiro atoms. The molecule has 0 unspecified atom stereocenters. The SMILES string of the molecule is COCCCn1ccnc1NCc1cscn1. The van der Waals surface area contributed by atoms with E-state index in [0.29, 0.717) is 6.54 Å². The van der Waals surface area contributed by atoms with Crippen LogP contribution in [0.25, 0.3) is 0 Å². The molecule has 6 heteroatoms. The van der Waals surface area contributed by atoms with E-state index in [1.54, 1.807) is 24.6 Å². The van der Waals surface area contributed by atoms with E-state index in [-0.39, 0.29) is 0 Å². The van der Waals surface area contributed by atoms with Gasteiger partial charge in [0.1, 0.15) is 0 Å². The molecule has 2 heterocycles. The van der Waals surface area contributed by atoms with Gasteiger partial charge in [0.2, 0.25) is 5.95 Å². The fourth-order valence-electron chi connectivity index (χ4n) is 1.53. The molecule has 5 nitrogen and oxygen atoms in total. The first-order valence-electron chi connectivity index (χ1n) is 5.51. The van der Waals surface area contributed by atoms with Crippen molar-refractivity contribution in [2.24, 2.45) is 0 Å². The van der Waals surface area contributed by atoms with Gasteiger partial charge in [0.05, 0.1) is 17.7 Å². The molecular formula is C11H16N4OS. The highest BCUT2D eigenvalue weighted by atomic mass is 32.1. The number of nitrogens with zero attached hydrogens (tertiary/aromatic N) is 3. The molecule has 0 atom stereocenters. The van der Waals surface area contributed by atoms with Crippen molar-refractivity contribution in [2.75, 3.05) is 19.0 Å². The topological polar surface area (TPSA) is 52.0 Å². The summed E-state index contributed by atoms with van der Waals surface area (Å²) in [5.74, 6) is 0.883. The Kier molecular flexibility index (Phi) is 4.52. The zero-order valence-electron chi connectivity index (χ0n) is 9.80. The summed E-state index contributed by atoms with van der Waals surface area (Å²) in [6.45, 7) is 2.39. The fourth-order valence-corrected chi connectivity index (χ4v) is 2.09. The number of methoxy groups -OCH3 is 1. The van der Waals surface area contributed by atoms with Gasteiger partial charge in [0.25, 0.3) is 0 Å². The number of ether oxygens (including phenoxy) is 1. The van der Waals surface area contributed by atoms with Crippen molar-refractivity contribution in [3.05, 3.63) is 29.0 Å². The number of rotatable bonds is 7. The second-order valence-corrected chi connectivity index (χ2v) is 4.34. The van der Waals surface area contributed by atoms with Crippen LogP contribution in [-0.2, 0) is 17.8 Å². The van der Waals surface area contributed by atoms with Crippen molar-refractivity contribution in [2.45, 2.75) is 19.5 Å². The second kappa shape index (κ2) is 6.36. The van der Waals surface area contributed by atoms with Crippen LogP contribution in [-0.4, -0.2) is 28.3 Å². The van der Waals surface area contributed by atoms with E-state index in [9.17, 15) is 0 Å². The van der Waals surface area contributed by atoms with Crippen LogP contribution in [0.15, 0.2) is 23.3 Å². The third kappa shape index (κ3) is 3.54. The molecule has 1 N–H and O–H groups in total. The molecule has 0 bridgehead atoms. The summed E-state index contributed by atoms with van der Waals surface area (Å²) in [6, 6.07) is 0. The summed E-state index contributed by atoms with van der Waals surface area (Å²) in [5.41, 5.74) is 2.88. The van der Waals surface area contributed by atoms with E-state index >= 15 is 0 Å². The number of nitrogens with one attached hydrogen (secondary N) is 1. The average molecular weight is 252 g/mol. The van der Waals surface area contributed by atoms with Gasteiger partial charge >= 0.3 is 0 Å². The van der Waals surface area contributed by atoms with Crippen LogP contribution >= 0.6 is 11.3 Å². The number of aryl methyl sites for hydroxylation is 1. The summed E-state index contributed by atoms with van der Waals surface area (Å²) < 4.78 is 7.12. The molecule has 0 radical (unpaired) electrons. The van der Waals surface area contributed by atoms with Crippen LogP contribution in [0.2, 0.25) is 0 Å². The molecule has 0 aliphatic carbocycles. The Morgan fingerprint density at radius 2 is 2.41 bits per heavy atom. The maximum absolute atomic E-state index is 5.04. The summed E-state index contributed by atoms with van der Waals surface area (Å²) in [5, 5.41) is 5.31. The molecule has 0 aliphatic rings. The van der Waals surface area contributed by atoms with E-state index in [4.69, 9.17) is 4.74 Å². The lowest BCUT2D eigenvalue weighted by Crippen LogP contribution is -2.08. The monoisotopic (exact) mass is 252 g/mol. The fraction of sp³-hybridized carbons (Fsp3) is 0.455. The molecule has 0 saturated carbocycles. The van der Waals surface area contributed by atoms with Crippen molar-refractivity contribution in [1.82, 2.24) is 14.5 Å². The highest BCUT2D eigenvalue weighted by Crippen LogP contribution is 2.08. The number of hydrogen-bond acceptors (Lipinski definition) is 5. The van der Waals surface area contributed by atoms with Crippen LogP contribution in [0, 0.1) is 0 Å². The molecule has 2 aromatic heterocycles. The van der Waals surface area contributed by atoms with Gasteiger partial charge < -0.3 is 14.6 Å². The molecule has 0 saturated heterocycles. The molecule has 0 amide bonds. The normalized spacial score (nSPS) is 10.6. The Balaban J connectivity index is 1.85. The molecule has 17 heavy (non-hydrogen) atoms. The minimum absolute atomic E-state index is 0.713. The largest absolute Gasteiger partial charge is 0.385 e. The van der Waals surface area contributed by atoms with Gasteiger partial charge in [-0.15, -0.1) is 11.3 Å². The first kappa shape index (κ1) is 12.1. The predicted octanol–water partition coefficient (Wildman–Crippen LogP) is 1.99. The molecule has 0 fully saturated rings. The number of aromatic nitrogens is 3. The van der Waals surface area contributed by atoms with Gasteiger partial charge in [-0.1, -0.05) is 0 Å². The van der Waals surface area contributed by atoms with Crippen molar-refractivity contribution >= 4 is 17.3 Å². The maximum atomic E-state index is 5.04. The predicted molar refractivity (Wildman–Crippen MR) is 68.2 cm³/mol. The van der Waals surface area contributed by atoms with Gasteiger partial charge in [-0.3, -0.25) is 0 Å². The van der Waals surface area contributed by atoms with E-state index in [1.165, 1.54) is 0 Å². The van der Waals surface area contributed by atoms with Crippen LogP contribution in [0.4, 0.5) is 5.95 Å². The number of hydrogen-bond donors (Lipinski definition) is 1. The van der Waals surface area contributed by atoms with Crippen LogP contribution in [0.1, 0.15) is 12.1 Å². The summed E-state index contributed by atoms with van der Waals surface area (Å²) in [4.78, 5) is 8.50. The van der Waals surface area contributed by atoms with Crippen LogP contribution in [0.3, 0.4) is 0 Å². The number of thiazole rings is 1. The van der Waals surface area contributed by atoms with Gasteiger partial charge in [-0.05, 0) is 6.42 Å². The van der Waals surface area contributed by atoms with Crippen molar-refractivity contribution in [3.63, 3.8) is 0 Å². The molecular weight excluding hydrogens is 236 g/mol. The van der Waals surface area contributed by atoms with E-state index < -0.39 is 0 Å². The Bertz CT molecular complexity index is 426. The second-order valence-electron chi connectivity index (χ2n) is 3.62. The first-order chi connectivity index (χ1) is 8.40. The smallest absolute Gasteiger partial charge is 0.203 e. The van der Waals surface area contributed by atoms with Crippen LogP contribution in [0.5, 0.6) is 0 Å². The minimum Gasteiger partial charge on any atom is -0.385 e. The van der Waals surface area contributed by atoms with Crippen molar-refractivity contribution in [3.8, 4) is 0 Å². The molecule has 2 rings (SSSR count). The van der Waals surface area contributed by atoms with Crippen molar-refractivity contribution < 1.29 is 4.74 Å². The first-order valence-corrected chi connectivity index (χ1v) is 6.45. The molecule has 92 valence electrons. The third-order valence-electron chi connectivity index (χ3n) is 2.37. The number of anilines is 1. The Labute approximate surface area is 104 Å². The summed E-state index contributed by atoms with van der Waals surface area (Å²) >= 11 is 1.60. The Morgan fingerprint density at radius 1 is 1.47 bits per heavy atom. The molecule has 0 aliphatic heterocycles.